The van der Waals surface area contributed by atoms with Gasteiger partial charge in [-0.25, -0.2) is 9.28 Å². The Morgan fingerprint density at radius 1 is 0.895 bits per heavy atom. The van der Waals surface area contributed by atoms with Gasteiger partial charge in [0.05, 0.1) is 6.54 Å². The number of quaternary nitrogens is 1. The maximum atomic E-state index is 14.3. The van der Waals surface area contributed by atoms with Crippen LogP contribution in [-0.2, 0) is 22.7 Å². The Morgan fingerprint density at radius 2 is 1.50 bits per heavy atom. The third-order valence-corrected chi connectivity index (χ3v) is 7.98. The number of para-hydroxylation sites is 1. The number of fused-ring (bicyclic) bond motifs is 1. The molecule has 1 aliphatic carbocycles. The normalized spacial score (nSPS) is 22.8. The highest BCUT2D eigenvalue weighted by molar-refractivity contribution is 5.95. The Kier molecular flexibility index (Phi) is 8.87. The van der Waals surface area contributed by atoms with Gasteiger partial charge in [0, 0.05) is 42.1 Å². The summed E-state index contributed by atoms with van der Waals surface area (Å²) < 4.78 is 0.0462. The molecule has 1 heterocycles. The molecule has 3 aromatic rings. The minimum atomic E-state index is -0.842. The molecule has 3 atom stereocenters. The van der Waals surface area contributed by atoms with E-state index in [4.69, 9.17) is 16.9 Å². The molecule has 2 aliphatic rings. The van der Waals surface area contributed by atoms with E-state index in [1.54, 1.807) is 12.1 Å². The van der Waals surface area contributed by atoms with Crippen molar-refractivity contribution >= 4 is 48.2 Å². The number of amides is 2. The minimum Gasteiger partial charge on any atom is -0.384 e. The standard InChI is InChI=1S/C29H31N5O2.2ClH/c30-27(31)23-13-11-22(12-14-23)20-34(16-15-24-17-29(24,34)28(32)36)26(35)19-33(25-9-5-2-6-10-25)18-21-7-3-1-4-8-21;;/h1-14,24H,15-20H2,(H4-,30,31,32,36);2*1H/p+1/t24-,29+,34?;;/m1../s1. The molecule has 0 aromatic heterocycles. The molecular formula is C29H34Cl2N5O2+. The number of carbonyl (C=O) groups is 2. The molecule has 0 spiro atoms. The lowest BCUT2D eigenvalue weighted by atomic mass is 10.0. The molecule has 1 saturated carbocycles. The molecule has 5 rings (SSSR count). The number of benzene rings is 3. The summed E-state index contributed by atoms with van der Waals surface area (Å²) in [5.41, 5.74) is 14.4. The second-order valence-electron chi connectivity index (χ2n) is 10.0. The zero-order chi connectivity index (χ0) is 25.3. The first-order valence-electron chi connectivity index (χ1n) is 12.3. The number of primary amides is 1. The number of carbonyl (C=O) groups excluding carboxylic acids is 2. The van der Waals surface area contributed by atoms with E-state index in [1.165, 1.54) is 0 Å². The molecule has 9 heteroatoms. The molecule has 0 bridgehead atoms. The highest BCUT2D eigenvalue weighted by Gasteiger charge is 2.78. The number of nitrogens with one attached hydrogen (secondary N) is 1. The number of hydrogen-bond acceptors (Lipinski definition) is 4. The fraction of sp³-hybridized carbons (Fsp3) is 0.276. The van der Waals surface area contributed by atoms with Gasteiger partial charge in [0.25, 0.3) is 5.91 Å². The van der Waals surface area contributed by atoms with E-state index < -0.39 is 5.54 Å². The van der Waals surface area contributed by atoms with Gasteiger partial charge < -0.3 is 16.4 Å². The zero-order valence-corrected chi connectivity index (χ0v) is 22.7. The lowest BCUT2D eigenvalue weighted by Crippen LogP contribution is -2.65. The first-order chi connectivity index (χ1) is 17.4. The van der Waals surface area contributed by atoms with E-state index in [2.05, 4.69) is 17.0 Å². The van der Waals surface area contributed by atoms with Gasteiger partial charge in [-0.1, -0.05) is 72.8 Å². The number of likely N-dealkylation sites (tertiary alicyclic amines) is 1. The average molecular weight is 556 g/mol. The van der Waals surface area contributed by atoms with Gasteiger partial charge in [-0.3, -0.25) is 10.2 Å². The molecule has 3 aromatic carbocycles. The maximum absolute atomic E-state index is 14.3. The second-order valence-corrected chi connectivity index (χ2v) is 10.0. The Bertz CT molecular complexity index is 1290. The van der Waals surface area contributed by atoms with Crippen molar-refractivity contribution < 1.29 is 14.1 Å². The summed E-state index contributed by atoms with van der Waals surface area (Å²) in [7, 11) is 0. The molecular weight excluding hydrogens is 521 g/mol. The number of amidine groups is 1. The molecule has 38 heavy (non-hydrogen) atoms. The third-order valence-electron chi connectivity index (χ3n) is 7.98. The Balaban J connectivity index is 0.00000200. The van der Waals surface area contributed by atoms with E-state index in [1.807, 2.05) is 60.7 Å². The molecule has 5 N–H and O–H groups in total. The predicted octanol–water partition coefficient (Wildman–Crippen LogP) is 4.01. The van der Waals surface area contributed by atoms with Crippen LogP contribution in [0.5, 0.6) is 0 Å². The van der Waals surface area contributed by atoms with Crippen molar-refractivity contribution in [3.8, 4) is 0 Å². The van der Waals surface area contributed by atoms with Gasteiger partial charge in [-0.05, 0) is 17.7 Å². The smallest absolute Gasteiger partial charge is 0.334 e. The minimum absolute atomic E-state index is 0. The second kappa shape index (κ2) is 11.6. The topological polar surface area (TPSA) is 113 Å². The van der Waals surface area contributed by atoms with E-state index in [0.717, 1.165) is 23.2 Å². The summed E-state index contributed by atoms with van der Waals surface area (Å²) in [6.07, 6.45) is 1.47. The van der Waals surface area contributed by atoms with Gasteiger partial charge in [0.15, 0.2) is 5.54 Å². The highest BCUT2D eigenvalue weighted by atomic mass is 35.5. The number of rotatable bonds is 9. The maximum Gasteiger partial charge on any atom is 0.334 e. The summed E-state index contributed by atoms with van der Waals surface area (Å²) in [4.78, 5) is 29.3. The van der Waals surface area contributed by atoms with Crippen LogP contribution in [0.15, 0.2) is 84.9 Å². The van der Waals surface area contributed by atoms with Crippen LogP contribution in [0.3, 0.4) is 0 Å². The van der Waals surface area contributed by atoms with Crippen LogP contribution in [0.25, 0.3) is 0 Å². The van der Waals surface area contributed by atoms with Crippen LogP contribution in [0.2, 0.25) is 0 Å². The molecule has 200 valence electrons. The first-order valence-corrected chi connectivity index (χ1v) is 12.3. The van der Waals surface area contributed by atoms with E-state index in [0.29, 0.717) is 31.6 Å². The van der Waals surface area contributed by atoms with Crippen LogP contribution in [0, 0.1) is 11.3 Å². The predicted molar refractivity (Wildman–Crippen MR) is 154 cm³/mol. The van der Waals surface area contributed by atoms with Crippen molar-refractivity contribution in [1.29, 1.82) is 5.41 Å². The summed E-state index contributed by atoms with van der Waals surface area (Å²) >= 11 is 0. The third kappa shape index (κ3) is 5.14. The summed E-state index contributed by atoms with van der Waals surface area (Å²) in [6.45, 7) is 1.74. The van der Waals surface area contributed by atoms with E-state index in [-0.39, 0.29) is 59.4 Å². The van der Waals surface area contributed by atoms with Crippen molar-refractivity contribution in [2.45, 2.75) is 31.5 Å². The number of halogens is 2. The largest absolute Gasteiger partial charge is 0.384 e. The number of hydrogen-bond donors (Lipinski definition) is 3. The molecule has 0 radical (unpaired) electrons. The lowest BCUT2D eigenvalue weighted by molar-refractivity contribution is -0.884. The lowest BCUT2D eigenvalue weighted by Gasteiger charge is -2.40. The fourth-order valence-corrected chi connectivity index (χ4v) is 6.01. The van der Waals surface area contributed by atoms with E-state index in [9.17, 15) is 9.59 Å². The van der Waals surface area contributed by atoms with Gasteiger partial charge >= 0.3 is 5.91 Å². The van der Waals surface area contributed by atoms with Crippen molar-refractivity contribution in [3.05, 3.63) is 102 Å². The van der Waals surface area contributed by atoms with Crippen LogP contribution >= 0.6 is 24.8 Å². The molecule has 2 amide bonds. The van der Waals surface area contributed by atoms with Crippen LogP contribution in [-0.4, -0.2) is 40.8 Å². The number of nitrogens with two attached hydrogens (primary N) is 2. The molecule has 1 aliphatic heterocycles. The van der Waals surface area contributed by atoms with Crippen molar-refractivity contribution in [3.63, 3.8) is 0 Å². The summed E-state index contributed by atoms with van der Waals surface area (Å²) in [6, 6.07) is 27.4. The van der Waals surface area contributed by atoms with Gasteiger partial charge in [0.2, 0.25) is 0 Å². The number of piperidine rings is 1. The summed E-state index contributed by atoms with van der Waals surface area (Å²) in [5.74, 6) is -0.232. The SMILES string of the molecule is Cl.Cl.N=C(N)c1ccc(C[N+]2(C(=O)CN(Cc3ccccc3)c3ccccc3)CC[C@@H]3C[C@@]32C(N)=O)cc1. The molecule has 2 fully saturated rings. The first kappa shape index (κ1) is 29.2. The van der Waals surface area contributed by atoms with Crippen LogP contribution < -0.4 is 16.4 Å². The number of anilines is 1. The van der Waals surface area contributed by atoms with Gasteiger partial charge in [-0.2, -0.15) is 0 Å². The number of nitrogen functional groups attached to an aromatic ring is 1. The van der Waals surface area contributed by atoms with Crippen molar-refractivity contribution in [2.75, 3.05) is 18.0 Å². The van der Waals surface area contributed by atoms with Crippen LogP contribution in [0.1, 0.15) is 29.5 Å². The quantitative estimate of drug-likeness (QED) is 0.210. The monoisotopic (exact) mass is 554 g/mol. The molecule has 1 unspecified atom stereocenters. The molecule has 7 nitrogen and oxygen atoms in total. The summed E-state index contributed by atoms with van der Waals surface area (Å²) in [5, 5.41) is 7.67. The zero-order valence-electron chi connectivity index (χ0n) is 21.1. The molecule has 1 saturated heterocycles. The Hall–Kier alpha value is -3.39. The van der Waals surface area contributed by atoms with Gasteiger partial charge in [-0.15, -0.1) is 24.8 Å². The van der Waals surface area contributed by atoms with Crippen molar-refractivity contribution in [2.24, 2.45) is 17.4 Å². The Morgan fingerprint density at radius 3 is 2.05 bits per heavy atom. The van der Waals surface area contributed by atoms with E-state index >= 15 is 0 Å². The average Bonchev–Trinajstić information content (AvgIpc) is 3.56. The van der Waals surface area contributed by atoms with Crippen LogP contribution in [0.4, 0.5) is 5.69 Å². The number of nitrogens with zero attached hydrogens (tertiary/aromatic N) is 2. The van der Waals surface area contributed by atoms with Crippen molar-refractivity contribution in [1.82, 2.24) is 0 Å². The van der Waals surface area contributed by atoms with Gasteiger partial charge in [0.1, 0.15) is 18.9 Å². The highest BCUT2D eigenvalue weighted by Crippen LogP contribution is 2.60. The fourth-order valence-electron chi connectivity index (χ4n) is 6.01. The Labute approximate surface area is 235 Å².